The number of aromatic hydroxyl groups is 1. The molecule has 2 aromatic carbocycles. The molecule has 1 heterocycles. The van der Waals surface area contributed by atoms with Crippen LogP contribution in [0.4, 0.5) is 13.2 Å². The maximum Gasteiger partial charge on any atom is 0.416 e. The Labute approximate surface area is 189 Å². The summed E-state index contributed by atoms with van der Waals surface area (Å²) in [5, 5.41) is 24.5. The molecule has 1 aromatic heterocycles. The van der Waals surface area contributed by atoms with Crippen molar-refractivity contribution in [3.05, 3.63) is 58.7 Å². The molecule has 0 fully saturated rings. The van der Waals surface area contributed by atoms with E-state index in [1.165, 1.54) is 10.6 Å². The Morgan fingerprint density at radius 3 is 2.36 bits per heavy atom. The van der Waals surface area contributed by atoms with Crippen molar-refractivity contribution in [3.63, 3.8) is 0 Å². The number of nitrogens with one attached hydrogen (secondary N) is 1. The largest absolute Gasteiger partial charge is 0.494 e. The van der Waals surface area contributed by atoms with Crippen molar-refractivity contribution in [1.82, 2.24) is 9.99 Å². The van der Waals surface area contributed by atoms with Crippen LogP contribution >= 0.6 is 0 Å². The van der Waals surface area contributed by atoms with Crippen molar-refractivity contribution in [2.75, 3.05) is 6.54 Å². The van der Waals surface area contributed by atoms with E-state index in [1.54, 1.807) is 19.1 Å². The lowest BCUT2D eigenvalue weighted by atomic mass is 10.1. The first kappa shape index (κ1) is 24.2. The molecular weight excluding hydrogens is 435 g/mol. The van der Waals surface area contributed by atoms with Gasteiger partial charge in [0.05, 0.1) is 22.4 Å². The minimum absolute atomic E-state index is 0.0656. The highest BCUT2D eigenvalue weighted by Crippen LogP contribution is 2.39. The maximum absolute atomic E-state index is 13.4. The Kier molecular flexibility index (Phi) is 7.00. The molecule has 0 bridgehead atoms. The van der Waals surface area contributed by atoms with Gasteiger partial charge in [-0.1, -0.05) is 12.1 Å². The predicted octanol–water partition coefficient (Wildman–Crippen LogP) is 5.54. The van der Waals surface area contributed by atoms with Crippen LogP contribution in [0.3, 0.4) is 0 Å². The van der Waals surface area contributed by atoms with Gasteiger partial charge in [-0.3, -0.25) is 9.36 Å². The highest BCUT2D eigenvalue weighted by atomic mass is 19.4. The fraction of sp³-hybridized carbons (Fsp3) is 0.333. The molecule has 0 atom stereocenters. The number of hydrogen-bond acceptors (Lipinski definition) is 4. The van der Waals surface area contributed by atoms with Crippen LogP contribution in [-0.2, 0) is 11.0 Å². The van der Waals surface area contributed by atoms with Gasteiger partial charge in [0.2, 0.25) is 5.88 Å². The topological polar surface area (TPSA) is 86.8 Å². The molecule has 0 amide bonds. The molecular formula is C24H26F3N3O3. The van der Waals surface area contributed by atoms with Gasteiger partial charge >= 0.3 is 12.1 Å². The van der Waals surface area contributed by atoms with Crippen molar-refractivity contribution in [2.45, 2.75) is 46.2 Å². The number of carboxylic acids is 1. The van der Waals surface area contributed by atoms with Crippen molar-refractivity contribution < 1.29 is 28.2 Å². The summed E-state index contributed by atoms with van der Waals surface area (Å²) in [5.74, 6) is -1.07. The standard InChI is InChI=1S/C24H26F3N3O3/c1-14-10-15(2)12-18(11-14)30-20-13-17(24(25,26)27)7-8-19(20)22(23(30)33)16(3)29-28-9-5-4-6-21(31)32/h7-8,10-13,28,33H,4-6,9H2,1-3H3,(H,31,32). The minimum atomic E-state index is -4.53. The van der Waals surface area contributed by atoms with E-state index in [-0.39, 0.29) is 17.8 Å². The van der Waals surface area contributed by atoms with Crippen LogP contribution in [0.1, 0.15) is 48.4 Å². The zero-order valence-electron chi connectivity index (χ0n) is 18.6. The van der Waals surface area contributed by atoms with Crippen molar-refractivity contribution >= 4 is 22.6 Å². The lowest BCUT2D eigenvalue weighted by Crippen LogP contribution is -2.11. The summed E-state index contributed by atoms with van der Waals surface area (Å²) in [6, 6.07) is 8.90. The Morgan fingerprint density at radius 2 is 1.76 bits per heavy atom. The van der Waals surface area contributed by atoms with E-state index >= 15 is 0 Å². The molecule has 3 rings (SSSR count). The molecule has 3 aromatic rings. The van der Waals surface area contributed by atoms with Gasteiger partial charge in [-0.25, -0.2) is 0 Å². The van der Waals surface area contributed by atoms with E-state index in [4.69, 9.17) is 5.11 Å². The second kappa shape index (κ2) is 9.56. The summed E-state index contributed by atoms with van der Waals surface area (Å²) >= 11 is 0. The van der Waals surface area contributed by atoms with Gasteiger partial charge in [-0.15, -0.1) is 0 Å². The molecule has 0 aliphatic heterocycles. The number of nitrogens with zero attached hydrogens (tertiary/aromatic N) is 2. The van der Waals surface area contributed by atoms with Crippen LogP contribution in [0.2, 0.25) is 0 Å². The highest BCUT2D eigenvalue weighted by Gasteiger charge is 2.32. The third-order valence-electron chi connectivity index (χ3n) is 5.27. The van der Waals surface area contributed by atoms with Gasteiger partial charge in [0.25, 0.3) is 0 Å². The zero-order valence-corrected chi connectivity index (χ0v) is 18.6. The number of alkyl halides is 3. The van der Waals surface area contributed by atoms with Gasteiger partial charge in [0.1, 0.15) is 0 Å². The lowest BCUT2D eigenvalue weighted by molar-refractivity contribution is -0.138. The molecule has 0 radical (unpaired) electrons. The van der Waals surface area contributed by atoms with Crippen molar-refractivity contribution in [1.29, 1.82) is 0 Å². The molecule has 0 aliphatic carbocycles. The molecule has 33 heavy (non-hydrogen) atoms. The normalized spacial score (nSPS) is 12.4. The fourth-order valence-electron chi connectivity index (χ4n) is 3.86. The van der Waals surface area contributed by atoms with Gasteiger partial charge in [0.15, 0.2) is 0 Å². The molecule has 0 aliphatic rings. The van der Waals surface area contributed by atoms with Crippen molar-refractivity contribution in [2.24, 2.45) is 5.10 Å². The monoisotopic (exact) mass is 461 g/mol. The number of benzene rings is 2. The van der Waals surface area contributed by atoms with E-state index in [0.29, 0.717) is 41.7 Å². The molecule has 0 spiro atoms. The van der Waals surface area contributed by atoms with E-state index in [2.05, 4.69) is 10.5 Å². The summed E-state index contributed by atoms with van der Waals surface area (Å²) in [6.07, 6.45) is -3.37. The van der Waals surface area contributed by atoms with Crippen molar-refractivity contribution in [3.8, 4) is 11.6 Å². The molecule has 176 valence electrons. The van der Waals surface area contributed by atoms with Crippen LogP contribution in [0.5, 0.6) is 5.88 Å². The number of halogens is 3. The van der Waals surface area contributed by atoms with Crippen LogP contribution in [-0.4, -0.2) is 33.0 Å². The second-order valence-electron chi connectivity index (χ2n) is 8.07. The van der Waals surface area contributed by atoms with E-state index < -0.39 is 17.7 Å². The second-order valence-corrected chi connectivity index (χ2v) is 8.07. The molecule has 0 unspecified atom stereocenters. The lowest BCUT2D eigenvalue weighted by Gasteiger charge is -2.11. The molecule has 0 saturated carbocycles. The highest BCUT2D eigenvalue weighted by molar-refractivity contribution is 6.12. The number of unbranched alkanes of at least 4 members (excludes halogenated alkanes) is 1. The third-order valence-corrected chi connectivity index (χ3v) is 5.27. The zero-order chi connectivity index (χ0) is 24.3. The summed E-state index contributed by atoms with van der Waals surface area (Å²) < 4.78 is 41.7. The summed E-state index contributed by atoms with van der Waals surface area (Å²) in [5.41, 5.74) is 5.36. The summed E-state index contributed by atoms with van der Waals surface area (Å²) in [6.45, 7) is 5.84. The number of aliphatic carboxylic acids is 1. The summed E-state index contributed by atoms with van der Waals surface area (Å²) in [7, 11) is 0. The number of hydrogen-bond donors (Lipinski definition) is 3. The first-order chi connectivity index (χ1) is 15.5. The molecule has 3 N–H and O–H groups in total. The fourth-order valence-corrected chi connectivity index (χ4v) is 3.86. The summed E-state index contributed by atoms with van der Waals surface area (Å²) in [4.78, 5) is 10.6. The first-order valence-corrected chi connectivity index (χ1v) is 10.5. The van der Waals surface area contributed by atoms with E-state index in [0.717, 1.165) is 23.3 Å². The predicted molar refractivity (Wildman–Crippen MR) is 121 cm³/mol. The van der Waals surface area contributed by atoms with E-state index in [9.17, 15) is 23.1 Å². The average molecular weight is 461 g/mol. The molecule has 0 saturated heterocycles. The molecule has 9 heteroatoms. The maximum atomic E-state index is 13.4. The Morgan fingerprint density at radius 1 is 1.09 bits per heavy atom. The minimum Gasteiger partial charge on any atom is -0.494 e. The smallest absolute Gasteiger partial charge is 0.416 e. The SMILES string of the molecule is CC(=NNCCCCC(=O)O)c1c(O)n(-c2cc(C)cc(C)c2)c2cc(C(F)(F)F)ccc12. The quantitative estimate of drug-likeness (QED) is 0.234. The Hall–Kier alpha value is -3.49. The van der Waals surface area contributed by atoms with Crippen LogP contribution in [0.25, 0.3) is 16.6 Å². The number of aryl methyl sites for hydroxylation is 2. The first-order valence-electron chi connectivity index (χ1n) is 10.5. The van der Waals surface area contributed by atoms with Gasteiger partial charge in [0, 0.05) is 24.0 Å². The number of carboxylic acid groups (broad SMARTS) is 1. The number of hydrazone groups is 1. The number of carbonyl (C=O) groups is 1. The average Bonchev–Trinajstić information content (AvgIpc) is 2.99. The molecule has 6 nitrogen and oxygen atoms in total. The van der Waals surface area contributed by atoms with E-state index in [1.807, 2.05) is 19.9 Å². The van der Waals surface area contributed by atoms with Gasteiger partial charge in [-0.2, -0.15) is 18.3 Å². The van der Waals surface area contributed by atoms with Gasteiger partial charge < -0.3 is 15.6 Å². The number of rotatable bonds is 8. The van der Waals surface area contributed by atoms with Gasteiger partial charge in [-0.05, 0) is 69.0 Å². The Balaban J connectivity index is 2.07. The van der Waals surface area contributed by atoms with Crippen LogP contribution in [0.15, 0.2) is 41.5 Å². The van der Waals surface area contributed by atoms with Crippen LogP contribution < -0.4 is 5.43 Å². The van der Waals surface area contributed by atoms with Crippen LogP contribution in [0, 0.1) is 13.8 Å². The third kappa shape index (κ3) is 5.47. The number of fused-ring (bicyclic) bond motifs is 1. The number of aromatic nitrogens is 1. The Bertz CT molecular complexity index is 1190.